The Kier molecular flexibility index (Phi) is 2.70. The topological polar surface area (TPSA) is 65.0 Å². The monoisotopic (exact) mass is 287 g/mol. The van der Waals surface area contributed by atoms with Gasteiger partial charge in [-0.25, -0.2) is 0 Å². The summed E-state index contributed by atoms with van der Waals surface area (Å²) in [5, 5.41) is 14.3. The molecule has 1 aliphatic carbocycles. The lowest BCUT2D eigenvalue weighted by Gasteiger charge is -2.15. The van der Waals surface area contributed by atoms with Crippen LogP contribution in [-0.4, -0.2) is 15.4 Å². The van der Waals surface area contributed by atoms with Crippen molar-refractivity contribution in [2.75, 3.05) is 0 Å². The number of rotatable bonds is 2. The zero-order valence-electron chi connectivity index (χ0n) is 11.0. The quantitative estimate of drug-likeness (QED) is 0.720. The molecule has 0 amide bonds. The zero-order valence-corrected chi connectivity index (χ0v) is 11.8. The first kappa shape index (κ1) is 11.8. The molecule has 1 atom stereocenters. The van der Waals surface area contributed by atoms with Crippen molar-refractivity contribution in [3.8, 4) is 22.4 Å². The third-order valence-corrected chi connectivity index (χ3v) is 4.50. The van der Waals surface area contributed by atoms with E-state index in [9.17, 15) is 0 Å². The van der Waals surface area contributed by atoms with Crippen molar-refractivity contribution >= 4 is 11.3 Å². The Morgan fingerprint density at radius 1 is 1.30 bits per heavy atom. The summed E-state index contributed by atoms with van der Waals surface area (Å²) in [6, 6.07) is 3.92. The maximum atomic E-state index is 5.74. The van der Waals surface area contributed by atoms with Gasteiger partial charge in [0.25, 0.3) is 11.8 Å². The van der Waals surface area contributed by atoms with Gasteiger partial charge in [-0.2, -0.15) is 0 Å². The van der Waals surface area contributed by atoms with E-state index in [0.717, 1.165) is 35.5 Å². The van der Waals surface area contributed by atoms with Crippen LogP contribution in [0.3, 0.4) is 0 Å². The van der Waals surface area contributed by atoms with Crippen LogP contribution in [0.1, 0.15) is 24.7 Å². The van der Waals surface area contributed by atoms with E-state index in [4.69, 9.17) is 8.94 Å². The van der Waals surface area contributed by atoms with Crippen molar-refractivity contribution in [1.82, 2.24) is 15.4 Å². The number of hydrogen-bond donors (Lipinski definition) is 0. The average molecular weight is 287 g/mol. The van der Waals surface area contributed by atoms with Crippen LogP contribution < -0.4 is 0 Å². The summed E-state index contributed by atoms with van der Waals surface area (Å²) in [6.07, 6.45) is 3.05. The van der Waals surface area contributed by atoms with E-state index in [2.05, 4.69) is 22.3 Å². The fourth-order valence-electron chi connectivity index (χ4n) is 2.56. The van der Waals surface area contributed by atoms with Crippen molar-refractivity contribution in [3.63, 3.8) is 0 Å². The number of hydrogen-bond acceptors (Lipinski definition) is 6. The minimum absolute atomic E-state index is 0.451. The second-order valence-electron chi connectivity index (χ2n) is 5.17. The molecule has 5 nitrogen and oxygen atoms in total. The maximum Gasteiger partial charge on any atom is 0.270 e. The van der Waals surface area contributed by atoms with Crippen molar-refractivity contribution in [1.29, 1.82) is 0 Å². The van der Waals surface area contributed by atoms with Crippen LogP contribution in [0, 0.1) is 5.92 Å². The van der Waals surface area contributed by atoms with Gasteiger partial charge in [0.15, 0.2) is 5.69 Å². The molecule has 0 radical (unpaired) electrons. The van der Waals surface area contributed by atoms with E-state index in [1.165, 1.54) is 0 Å². The van der Waals surface area contributed by atoms with Crippen LogP contribution in [0.5, 0.6) is 0 Å². The van der Waals surface area contributed by atoms with Gasteiger partial charge in [-0.05, 0) is 30.2 Å². The van der Waals surface area contributed by atoms with Crippen LogP contribution in [0.2, 0.25) is 0 Å². The van der Waals surface area contributed by atoms with E-state index in [1.54, 1.807) is 11.3 Å². The SMILES string of the molecule is C[C@@H]1CCc2onc(-c3nnc(-c4cccs4)o3)c2C1. The van der Waals surface area contributed by atoms with E-state index in [0.29, 0.717) is 23.4 Å². The molecule has 3 heterocycles. The molecule has 0 fully saturated rings. The van der Waals surface area contributed by atoms with Crippen LogP contribution in [0.25, 0.3) is 22.4 Å². The third-order valence-electron chi connectivity index (χ3n) is 3.65. The van der Waals surface area contributed by atoms with E-state index in [-0.39, 0.29) is 0 Å². The standard InChI is InChI=1S/C14H13N3O2S/c1-8-4-5-10-9(7-8)12(17-19-10)14-16-15-13(18-14)11-3-2-6-20-11/h2-3,6,8H,4-5,7H2,1H3/t8-/m1/s1. The second kappa shape index (κ2) is 4.56. The smallest absolute Gasteiger partial charge is 0.270 e. The Bertz CT molecular complexity index is 730. The minimum Gasteiger partial charge on any atom is -0.414 e. The van der Waals surface area contributed by atoms with Gasteiger partial charge in [-0.15, -0.1) is 21.5 Å². The molecule has 0 spiro atoms. The zero-order chi connectivity index (χ0) is 13.5. The molecule has 4 rings (SSSR count). The number of fused-ring (bicyclic) bond motifs is 1. The normalized spacial score (nSPS) is 18.1. The number of thiophene rings is 1. The van der Waals surface area contributed by atoms with Gasteiger partial charge in [-0.1, -0.05) is 18.1 Å². The van der Waals surface area contributed by atoms with Gasteiger partial charge in [0.2, 0.25) is 0 Å². The maximum absolute atomic E-state index is 5.74. The summed E-state index contributed by atoms with van der Waals surface area (Å²) in [5.41, 5.74) is 1.84. The summed E-state index contributed by atoms with van der Waals surface area (Å²) in [6.45, 7) is 2.24. The molecule has 0 unspecified atom stereocenters. The lowest BCUT2D eigenvalue weighted by atomic mass is 9.88. The van der Waals surface area contributed by atoms with Crippen LogP contribution in [0.15, 0.2) is 26.5 Å². The Morgan fingerprint density at radius 2 is 2.20 bits per heavy atom. The van der Waals surface area contributed by atoms with Gasteiger partial charge in [-0.3, -0.25) is 0 Å². The van der Waals surface area contributed by atoms with Gasteiger partial charge in [0, 0.05) is 12.0 Å². The fourth-order valence-corrected chi connectivity index (χ4v) is 3.21. The Morgan fingerprint density at radius 3 is 3.05 bits per heavy atom. The first-order valence-electron chi connectivity index (χ1n) is 6.66. The minimum atomic E-state index is 0.451. The molecule has 102 valence electrons. The summed E-state index contributed by atoms with van der Waals surface area (Å²) in [7, 11) is 0. The summed E-state index contributed by atoms with van der Waals surface area (Å²) >= 11 is 1.58. The molecule has 3 aromatic rings. The summed E-state index contributed by atoms with van der Waals surface area (Å²) < 4.78 is 11.2. The number of aryl methyl sites for hydroxylation is 1. The predicted octanol–water partition coefficient (Wildman–Crippen LogP) is 3.58. The first-order valence-corrected chi connectivity index (χ1v) is 7.54. The highest BCUT2D eigenvalue weighted by atomic mass is 32.1. The van der Waals surface area contributed by atoms with Crippen LogP contribution in [0.4, 0.5) is 0 Å². The lowest BCUT2D eigenvalue weighted by Crippen LogP contribution is -2.09. The van der Waals surface area contributed by atoms with Crippen molar-refractivity contribution < 1.29 is 8.94 Å². The molecule has 3 aromatic heterocycles. The average Bonchev–Trinajstić information content (AvgIpc) is 3.17. The molecule has 0 N–H and O–H groups in total. The predicted molar refractivity (Wildman–Crippen MR) is 74.3 cm³/mol. The second-order valence-corrected chi connectivity index (χ2v) is 6.12. The number of nitrogens with zero attached hydrogens (tertiary/aromatic N) is 3. The molecular weight excluding hydrogens is 274 g/mol. The highest BCUT2D eigenvalue weighted by Gasteiger charge is 2.27. The van der Waals surface area contributed by atoms with Crippen molar-refractivity contribution in [2.24, 2.45) is 5.92 Å². The van der Waals surface area contributed by atoms with Gasteiger partial charge >= 0.3 is 0 Å². The summed E-state index contributed by atoms with van der Waals surface area (Å²) in [4.78, 5) is 0.967. The Balaban J connectivity index is 1.74. The molecule has 0 saturated carbocycles. The van der Waals surface area contributed by atoms with E-state index < -0.39 is 0 Å². The Hall–Kier alpha value is -1.95. The summed E-state index contributed by atoms with van der Waals surface area (Å²) in [5.74, 6) is 2.59. The van der Waals surface area contributed by atoms with Crippen molar-refractivity contribution in [2.45, 2.75) is 26.2 Å². The van der Waals surface area contributed by atoms with E-state index in [1.807, 2.05) is 17.5 Å². The molecule has 0 bridgehead atoms. The molecule has 0 aliphatic heterocycles. The largest absolute Gasteiger partial charge is 0.414 e. The molecule has 0 aromatic carbocycles. The van der Waals surface area contributed by atoms with E-state index >= 15 is 0 Å². The highest BCUT2D eigenvalue weighted by molar-refractivity contribution is 7.13. The number of aromatic nitrogens is 3. The molecule has 1 aliphatic rings. The van der Waals surface area contributed by atoms with Crippen LogP contribution >= 0.6 is 11.3 Å². The molecule has 6 heteroatoms. The molecule has 20 heavy (non-hydrogen) atoms. The van der Waals surface area contributed by atoms with Crippen LogP contribution in [-0.2, 0) is 12.8 Å². The first-order chi connectivity index (χ1) is 9.81. The highest BCUT2D eigenvalue weighted by Crippen LogP contribution is 2.34. The third kappa shape index (κ3) is 1.87. The van der Waals surface area contributed by atoms with Crippen molar-refractivity contribution in [3.05, 3.63) is 28.8 Å². The van der Waals surface area contributed by atoms with Gasteiger partial charge < -0.3 is 8.94 Å². The molecular formula is C14H13N3O2S. The molecule has 0 saturated heterocycles. The Labute approximate surface area is 119 Å². The van der Waals surface area contributed by atoms with Gasteiger partial charge in [0.1, 0.15) is 5.76 Å². The van der Waals surface area contributed by atoms with Gasteiger partial charge in [0.05, 0.1) is 4.88 Å². The fraction of sp³-hybridized carbons (Fsp3) is 0.357. The lowest BCUT2D eigenvalue weighted by molar-refractivity contribution is 0.356.